The Morgan fingerprint density at radius 1 is 0.857 bits per heavy atom. The molecule has 0 unspecified atom stereocenters. The fraction of sp³-hybridized carbons (Fsp3) is 0.0435. The zero-order valence-corrected chi connectivity index (χ0v) is 15.6. The molecular weight excluding hydrogens is 370 g/mol. The molecule has 28 heavy (non-hydrogen) atoms. The van der Waals surface area contributed by atoms with Gasteiger partial charge >= 0.3 is 0 Å². The van der Waals surface area contributed by atoms with E-state index in [1.807, 2.05) is 60.7 Å². The van der Waals surface area contributed by atoms with Crippen LogP contribution in [0.1, 0.15) is 5.56 Å². The van der Waals surface area contributed by atoms with Gasteiger partial charge in [0.25, 0.3) is 0 Å². The summed E-state index contributed by atoms with van der Waals surface area (Å²) >= 11 is 6.19. The van der Waals surface area contributed by atoms with Crippen LogP contribution in [0.25, 0.3) is 33.5 Å². The fourth-order valence-corrected chi connectivity index (χ4v) is 3.65. The van der Waals surface area contributed by atoms with Crippen LogP contribution >= 0.6 is 11.6 Å². The summed E-state index contributed by atoms with van der Waals surface area (Å²) < 4.78 is 2.13. The minimum absolute atomic E-state index is 0.160. The SMILES string of the molecule is Oc1cccc2ccc(-c3nc4cc(Cl)ccc4n3Cc3ccccc3)nc12. The van der Waals surface area contributed by atoms with Gasteiger partial charge in [0.2, 0.25) is 0 Å². The minimum atomic E-state index is 0.160. The number of rotatable bonds is 3. The van der Waals surface area contributed by atoms with Gasteiger partial charge in [0, 0.05) is 17.0 Å². The first-order valence-corrected chi connectivity index (χ1v) is 9.36. The Bertz CT molecular complexity index is 1310. The van der Waals surface area contributed by atoms with Crippen LogP contribution in [0.2, 0.25) is 5.02 Å². The maximum atomic E-state index is 10.2. The van der Waals surface area contributed by atoms with Crippen molar-refractivity contribution < 1.29 is 5.11 Å². The summed E-state index contributed by atoms with van der Waals surface area (Å²) in [4.78, 5) is 9.51. The Hall–Kier alpha value is -3.37. The van der Waals surface area contributed by atoms with Gasteiger partial charge < -0.3 is 9.67 Å². The fourth-order valence-electron chi connectivity index (χ4n) is 3.48. The average molecular weight is 386 g/mol. The first-order chi connectivity index (χ1) is 13.7. The third-order valence-electron chi connectivity index (χ3n) is 4.82. The van der Waals surface area contributed by atoms with Crippen molar-refractivity contribution in [3.05, 3.63) is 89.4 Å². The highest BCUT2D eigenvalue weighted by Crippen LogP contribution is 2.30. The van der Waals surface area contributed by atoms with Gasteiger partial charge in [-0.25, -0.2) is 9.97 Å². The first kappa shape index (κ1) is 16.8. The molecule has 0 atom stereocenters. The number of aromatic hydroxyl groups is 1. The van der Waals surface area contributed by atoms with Crippen LogP contribution < -0.4 is 0 Å². The first-order valence-electron chi connectivity index (χ1n) is 8.98. The molecule has 0 amide bonds. The molecule has 5 heteroatoms. The predicted molar refractivity (Wildman–Crippen MR) is 113 cm³/mol. The lowest BCUT2D eigenvalue weighted by molar-refractivity contribution is 0.480. The number of fused-ring (bicyclic) bond motifs is 2. The van der Waals surface area contributed by atoms with Gasteiger partial charge in [-0.2, -0.15) is 0 Å². The lowest BCUT2D eigenvalue weighted by atomic mass is 10.2. The maximum absolute atomic E-state index is 10.2. The van der Waals surface area contributed by atoms with Crippen LogP contribution in [0, 0.1) is 0 Å². The minimum Gasteiger partial charge on any atom is -0.506 e. The van der Waals surface area contributed by atoms with Crippen molar-refractivity contribution in [2.45, 2.75) is 6.54 Å². The van der Waals surface area contributed by atoms with E-state index in [-0.39, 0.29) is 5.75 Å². The molecule has 0 spiro atoms. The van der Waals surface area contributed by atoms with Crippen LogP contribution in [-0.2, 0) is 6.54 Å². The van der Waals surface area contributed by atoms with E-state index in [0.29, 0.717) is 22.8 Å². The Morgan fingerprint density at radius 2 is 1.71 bits per heavy atom. The van der Waals surface area contributed by atoms with Crippen molar-refractivity contribution in [2.24, 2.45) is 0 Å². The molecule has 0 fully saturated rings. The van der Waals surface area contributed by atoms with Crippen LogP contribution in [0.15, 0.2) is 78.9 Å². The van der Waals surface area contributed by atoms with E-state index < -0.39 is 0 Å². The van der Waals surface area contributed by atoms with Gasteiger partial charge in [0.1, 0.15) is 17.0 Å². The Morgan fingerprint density at radius 3 is 2.57 bits per heavy atom. The van der Waals surface area contributed by atoms with E-state index in [4.69, 9.17) is 21.6 Å². The molecule has 3 aromatic carbocycles. The number of benzene rings is 3. The van der Waals surface area contributed by atoms with Crippen LogP contribution in [0.3, 0.4) is 0 Å². The Kier molecular flexibility index (Phi) is 3.99. The van der Waals surface area contributed by atoms with Gasteiger partial charge in [-0.15, -0.1) is 0 Å². The van der Waals surface area contributed by atoms with Crippen molar-refractivity contribution in [3.63, 3.8) is 0 Å². The molecule has 1 N–H and O–H groups in total. The molecule has 0 aliphatic rings. The quantitative estimate of drug-likeness (QED) is 0.436. The summed E-state index contributed by atoms with van der Waals surface area (Å²) in [5, 5.41) is 11.7. The molecule has 0 bridgehead atoms. The number of halogens is 1. The monoisotopic (exact) mass is 385 g/mol. The second-order valence-electron chi connectivity index (χ2n) is 6.69. The van der Waals surface area contributed by atoms with E-state index >= 15 is 0 Å². The third-order valence-corrected chi connectivity index (χ3v) is 5.06. The smallest absolute Gasteiger partial charge is 0.160 e. The Balaban J connectivity index is 1.74. The molecule has 0 saturated heterocycles. The Labute approximate surface area is 166 Å². The van der Waals surface area contributed by atoms with Crippen molar-refractivity contribution in [3.8, 4) is 17.3 Å². The number of phenols is 1. The number of hydrogen-bond donors (Lipinski definition) is 1. The van der Waals surface area contributed by atoms with Crippen molar-refractivity contribution in [1.82, 2.24) is 14.5 Å². The number of hydrogen-bond acceptors (Lipinski definition) is 3. The van der Waals surface area contributed by atoms with E-state index in [1.54, 1.807) is 6.07 Å². The number of imidazole rings is 1. The summed E-state index contributed by atoms with van der Waals surface area (Å²) in [5.74, 6) is 0.902. The predicted octanol–water partition coefficient (Wildman–Crippen LogP) is 5.66. The van der Waals surface area contributed by atoms with Gasteiger partial charge in [0.05, 0.1) is 11.0 Å². The van der Waals surface area contributed by atoms with Crippen molar-refractivity contribution >= 4 is 33.5 Å². The third kappa shape index (κ3) is 2.88. The zero-order valence-electron chi connectivity index (χ0n) is 14.9. The molecule has 5 rings (SSSR count). The molecule has 0 aliphatic heterocycles. The molecule has 4 nitrogen and oxygen atoms in total. The summed E-state index contributed by atoms with van der Waals surface area (Å²) in [6.07, 6.45) is 0. The van der Waals surface area contributed by atoms with E-state index in [0.717, 1.165) is 22.2 Å². The maximum Gasteiger partial charge on any atom is 0.160 e. The number of para-hydroxylation sites is 1. The summed E-state index contributed by atoms with van der Waals surface area (Å²) in [6, 6.07) is 25.2. The normalized spacial score (nSPS) is 11.3. The molecule has 0 aliphatic carbocycles. The lowest BCUT2D eigenvalue weighted by Gasteiger charge is -2.10. The lowest BCUT2D eigenvalue weighted by Crippen LogP contribution is -2.03. The van der Waals surface area contributed by atoms with Crippen molar-refractivity contribution in [1.29, 1.82) is 0 Å². The summed E-state index contributed by atoms with van der Waals surface area (Å²) in [7, 11) is 0. The van der Waals surface area contributed by atoms with Crippen molar-refractivity contribution in [2.75, 3.05) is 0 Å². The molecular formula is C23H16ClN3O. The zero-order chi connectivity index (χ0) is 19.1. The highest BCUT2D eigenvalue weighted by atomic mass is 35.5. The molecule has 136 valence electrons. The highest BCUT2D eigenvalue weighted by molar-refractivity contribution is 6.31. The largest absolute Gasteiger partial charge is 0.506 e. The van der Waals surface area contributed by atoms with Gasteiger partial charge in [0.15, 0.2) is 5.82 Å². The van der Waals surface area contributed by atoms with Gasteiger partial charge in [-0.1, -0.05) is 60.1 Å². The number of pyridine rings is 1. The number of phenolic OH excluding ortho intramolecular Hbond substituents is 1. The molecule has 2 aromatic heterocycles. The highest BCUT2D eigenvalue weighted by Gasteiger charge is 2.15. The van der Waals surface area contributed by atoms with E-state index in [9.17, 15) is 5.11 Å². The average Bonchev–Trinajstić information content (AvgIpc) is 3.06. The second kappa shape index (κ2) is 6.66. The van der Waals surface area contributed by atoms with Crippen LogP contribution in [-0.4, -0.2) is 19.6 Å². The topological polar surface area (TPSA) is 50.9 Å². The molecule has 2 heterocycles. The molecule has 5 aromatic rings. The number of aromatic nitrogens is 3. The molecule has 0 radical (unpaired) electrons. The van der Waals surface area contributed by atoms with Crippen LogP contribution in [0.4, 0.5) is 0 Å². The second-order valence-corrected chi connectivity index (χ2v) is 7.12. The van der Waals surface area contributed by atoms with E-state index in [1.165, 1.54) is 5.56 Å². The van der Waals surface area contributed by atoms with E-state index in [2.05, 4.69) is 16.7 Å². The standard InChI is InChI=1S/C23H16ClN3O/c24-17-10-12-20-19(13-17)26-23(27(20)14-15-5-2-1-3-6-15)18-11-9-16-7-4-8-21(28)22(16)25-18/h1-13,28H,14H2. The van der Waals surface area contributed by atoms with Gasteiger partial charge in [-0.05, 0) is 35.9 Å². The number of nitrogens with zero attached hydrogens (tertiary/aromatic N) is 3. The van der Waals surface area contributed by atoms with Gasteiger partial charge in [-0.3, -0.25) is 0 Å². The molecule has 0 saturated carbocycles. The summed E-state index contributed by atoms with van der Waals surface area (Å²) in [6.45, 7) is 0.662. The summed E-state index contributed by atoms with van der Waals surface area (Å²) in [5.41, 5.74) is 4.25. The van der Waals surface area contributed by atoms with Crippen LogP contribution in [0.5, 0.6) is 5.75 Å².